The lowest BCUT2D eigenvalue weighted by molar-refractivity contribution is -1.02. The lowest BCUT2D eigenvalue weighted by atomic mass is 9.89. The first kappa shape index (κ1) is 9.47. The molecule has 13 heavy (non-hydrogen) atoms. The second-order valence-corrected chi connectivity index (χ2v) is 6.12. The van der Waals surface area contributed by atoms with Gasteiger partial charge in [-0.05, 0) is 12.8 Å². The third kappa shape index (κ3) is 1.40. The monoisotopic (exact) mass is 184 g/mol. The molecule has 0 bridgehead atoms. The van der Waals surface area contributed by atoms with E-state index >= 15 is 0 Å². The van der Waals surface area contributed by atoms with Crippen LogP contribution in [0.15, 0.2) is 0 Å². The number of likely N-dealkylation sites (N-methyl/N-ethyl adjacent to an activating group) is 2. The molecule has 0 unspecified atom stereocenters. The molecule has 2 fully saturated rings. The van der Waals surface area contributed by atoms with Crippen LogP contribution >= 0.6 is 0 Å². The van der Waals surface area contributed by atoms with Gasteiger partial charge in [0, 0.05) is 12.8 Å². The molecule has 2 heteroatoms. The molecule has 0 aromatic carbocycles. The van der Waals surface area contributed by atoms with Crippen LogP contribution < -0.4 is 0 Å². The van der Waals surface area contributed by atoms with E-state index in [1.807, 2.05) is 0 Å². The molecule has 1 aliphatic heterocycles. The van der Waals surface area contributed by atoms with Gasteiger partial charge in [-0.15, -0.1) is 0 Å². The smallest absolute Gasteiger partial charge is 0.207 e. The van der Waals surface area contributed by atoms with Gasteiger partial charge in [-0.3, -0.25) is 8.97 Å². The SMILES string of the molecule is C[N+]1(C)C[N+](C)(C)[C@H]2CCCC[C@H]21. The van der Waals surface area contributed by atoms with Crippen LogP contribution in [0.2, 0.25) is 0 Å². The fourth-order valence-electron chi connectivity index (χ4n) is 3.87. The van der Waals surface area contributed by atoms with E-state index in [2.05, 4.69) is 28.2 Å². The Labute approximate surface area is 82.3 Å². The van der Waals surface area contributed by atoms with E-state index in [4.69, 9.17) is 0 Å². The van der Waals surface area contributed by atoms with E-state index in [1.165, 1.54) is 41.3 Å². The molecule has 0 N–H and O–H groups in total. The molecule has 0 radical (unpaired) electrons. The van der Waals surface area contributed by atoms with Crippen LogP contribution in [0.5, 0.6) is 0 Å². The van der Waals surface area contributed by atoms with Crippen LogP contribution in [0, 0.1) is 0 Å². The summed E-state index contributed by atoms with van der Waals surface area (Å²) in [7, 11) is 9.65. The maximum absolute atomic E-state index is 2.41. The van der Waals surface area contributed by atoms with Gasteiger partial charge in [-0.1, -0.05) is 0 Å². The van der Waals surface area contributed by atoms with Gasteiger partial charge >= 0.3 is 0 Å². The summed E-state index contributed by atoms with van der Waals surface area (Å²) in [4.78, 5) is 0. The van der Waals surface area contributed by atoms with Gasteiger partial charge in [0.2, 0.25) is 6.67 Å². The van der Waals surface area contributed by atoms with Gasteiger partial charge in [0.1, 0.15) is 12.1 Å². The zero-order valence-corrected chi connectivity index (χ0v) is 9.58. The Hall–Kier alpha value is -0.0800. The molecule has 2 atom stereocenters. The Morgan fingerprint density at radius 3 is 1.54 bits per heavy atom. The molecular formula is C11H24N2+2. The summed E-state index contributed by atoms with van der Waals surface area (Å²) >= 11 is 0. The molecule has 1 saturated heterocycles. The van der Waals surface area contributed by atoms with Crippen molar-refractivity contribution >= 4 is 0 Å². The molecule has 0 aromatic heterocycles. The van der Waals surface area contributed by atoms with Crippen LogP contribution in [-0.4, -0.2) is 55.9 Å². The maximum Gasteiger partial charge on any atom is 0.207 e. The number of fused-ring (bicyclic) bond motifs is 1. The van der Waals surface area contributed by atoms with Crippen molar-refractivity contribution in [2.45, 2.75) is 37.8 Å². The zero-order valence-electron chi connectivity index (χ0n) is 9.58. The summed E-state index contributed by atoms with van der Waals surface area (Å²) in [6, 6.07) is 1.87. The zero-order chi connectivity index (χ0) is 9.69. The molecule has 0 spiro atoms. The van der Waals surface area contributed by atoms with E-state index in [9.17, 15) is 0 Å². The van der Waals surface area contributed by atoms with Gasteiger partial charge < -0.3 is 0 Å². The summed E-state index contributed by atoms with van der Waals surface area (Å²) < 4.78 is 2.50. The minimum Gasteiger partial charge on any atom is -0.275 e. The second-order valence-electron chi connectivity index (χ2n) is 6.12. The Bertz CT molecular complexity index is 186. The van der Waals surface area contributed by atoms with E-state index in [-0.39, 0.29) is 0 Å². The normalized spacial score (nSPS) is 41.5. The average molecular weight is 184 g/mol. The third-order valence-corrected chi connectivity index (χ3v) is 4.22. The van der Waals surface area contributed by atoms with Crippen molar-refractivity contribution < 1.29 is 8.97 Å². The van der Waals surface area contributed by atoms with E-state index < -0.39 is 0 Å². The molecule has 2 rings (SSSR count). The van der Waals surface area contributed by atoms with Crippen molar-refractivity contribution in [2.24, 2.45) is 0 Å². The molecule has 1 saturated carbocycles. The van der Waals surface area contributed by atoms with Crippen molar-refractivity contribution in [3.63, 3.8) is 0 Å². The second kappa shape index (κ2) is 2.71. The minimum atomic E-state index is 0.934. The maximum atomic E-state index is 2.41. The molecule has 0 aromatic rings. The van der Waals surface area contributed by atoms with Crippen molar-refractivity contribution in [3.05, 3.63) is 0 Å². The van der Waals surface area contributed by atoms with Crippen LogP contribution in [0.1, 0.15) is 25.7 Å². The first-order valence-electron chi connectivity index (χ1n) is 5.59. The largest absolute Gasteiger partial charge is 0.275 e. The van der Waals surface area contributed by atoms with Crippen molar-refractivity contribution in [1.29, 1.82) is 0 Å². The summed E-state index contributed by atoms with van der Waals surface area (Å²) in [5.74, 6) is 0. The highest BCUT2D eigenvalue weighted by Crippen LogP contribution is 2.38. The lowest BCUT2D eigenvalue weighted by Crippen LogP contribution is -2.49. The molecule has 1 aliphatic carbocycles. The molecule has 76 valence electrons. The number of nitrogens with zero attached hydrogens (tertiary/aromatic N) is 2. The number of rotatable bonds is 0. The third-order valence-electron chi connectivity index (χ3n) is 4.22. The minimum absolute atomic E-state index is 0.934. The van der Waals surface area contributed by atoms with Crippen molar-refractivity contribution in [3.8, 4) is 0 Å². The highest BCUT2D eigenvalue weighted by atomic mass is 15.6. The summed E-state index contributed by atoms with van der Waals surface area (Å²) in [6.07, 6.45) is 5.84. The van der Waals surface area contributed by atoms with Gasteiger partial charge in [0.25, 0.3) is 0 Å². The first-order chi connectivity index (χ1) is 5.93. The molecule has 1 heterocycles. The van der Waals surface area contributed by atoms with E-state index in [0.29, 0.717) is 0 Å². The highest BCUT2D eigenvalue weighted by molar-refractivity contribution is 4.79. The summed E-state index contributed by atoms with van der Waals surface area (Å²) in [5.41, 5.74) is 0. The number of hydrogen-bond acceptors (Lipinski definition) is 0. The highest BCUT2D eigenvalue weighted by Gasteiger charge is 2.55. The molecule has 0 amide bonds. The molecule has 2 nitrogen and oxygen atoms in total. The summed E-state index contributed by atoms with van der Waals surface area (Å²) in [6.45, 7) is 1.31. The average Bonchev–Trinajstić information content (AvgIpc) is 2.20. The Morgan fingerprint density at radius 1 is 0.769 bits per heavy atom. The van der Waals surface area contributed by atoms with Crippen LogP contribution in [-0.2, 0) is 0 Å². The van der Waals surface area contributed by atoms with Crippen molar-refractivity contribution in [1.82, 2.24) is 0 Å². The van der Waals surface area contributed by atoms with Crippen LogP contribution in [0.25, 0.3) is 0 Å². The number of quaternary nitrogens is 2. The van der Waals surface area contributed by atoms with Crippen LogP contribution in [0.3, 0.4) is 0 Å². The van der Waals surface area contributed by atoms with Crippen molar-refractivity contribution in [2.75, 3.05) is 34.9 Å². The van der Waals surface area contributed by atoms with Gasteiger partial charge in [-0.2, -0.15) is 0 Å². The Balaban J connectivity index is 2.25. The van der Waals surface area contributed by atoms with Crippen LogP contribution in [0.4, 0.5) is 0 Å². The standard InChI is InChI=1S/C11H24N2/c1-12(2)9-13(3,4)11-8-6-5-7-10(11)12/h10-11H,5-9H2,1-4H3/q+2/t10-,11+. The first-order valence-corrected chi connectivity index (χ1v) is 5.59. The lowest BCUT2D eigenvalue weighted by Gasteiger charge is -2.32. The van der Waals surface area contributed by atoms with E-state index in [1.54, 1.807) is 0 Å². The fourth-order valence-corrected chi connectivity index (χ4v) is 3.87. The van der Waals surface area contributed by atoms with Gasteiger partial charge in [-0.25, -0.2) is 0 Å². The predicted molar refractivity (Wildman–Crippen MR) is 55.1 cm³/mol. The Kier molecular flexibility index (Phi) is 1.97. The van der Waals surface area contributed by atoms with Gasteiger partial charge in [0.05, 0.1) is 28.2 Å². The number of hydrogen-bond donors (Lipinski definition) is 0. The summed E-state index contributed by atoms with van der Waals surface area (Å²) in [5, 5.41) is 0. The molecule has 2 aliphatic rings. The fraction of sp³-hybridized carbons (Fsp3) is 1.00. The quantitative estimate of drug-likeness (QED) is 0.500. The Morgan fingerprint density at radius 2 is 1.15 bits per heavy atom. The predicted octanol–water partition coefficient (Wildman–Crippen LogP) is 1.42. The topological polar surface area (TPSA) is 0 Å². The van der Waals surface area contributed by atoms with E-state index in [0.717, 1.165) is 12.1 Å². The molecular weight excluding hydrogens is 160 g/mol. The van der Waals surface area contributed by atoms with Gasteiger partial charge in [0.15, 0.2) is 0 Å².